The van der Waals surface area contributed by atoms with E-state index in [1.165, 1.54) is 39.2 Å². The molecule has 0 spiro atoms. The van der Waals surface area contributed by atoms with E-state index >= 15 is 0 Å². The molecule has 0 aliphatic heterocycles. The Labute approximate surface area is 152 Å². The summed E-state index contributed by atoms with van der Waals surface area (Å²) in [4.78, 5) is 12.1. The molecule has 0 amide bonds. The van der Waals surface area contributed by atoms with E-state index in [-0.39, 0.29) is 12.0 Å². The Morgan fingerprint density at radius 3 is 2.56 bits per heavy atom. The molecule has 1 aromatic rings. The Morgan fingerprint density at radius 2 is 1.92 bits per heavy atom. The number of carbonyl (C=O) groups excluding carboxylic acids is 1. The van der Waals surface area contributed by atoms with Crippen molar-refractivity contribution in [1.29, 1.82) is 0 Å². The van der Waals surface area contributed by atoms with Gasteiger partial charge in [-0.1, -0.05) is 44.7 Å². The minimum absolute atomic E-state index is 0.181. The molecule has 0 bridgehead atoms. The van der Waals surface area contributed by atoms with Gasteiger partial charge in [0.2, 0.25) is 0 Å². The van der Waals surface area contributed by atoms with Crippen molar-refractivity contribution in [2.45, 2.75) is 64.3 Å². The standard InChI is InChI=1S/C21H33NO3/c1-3-4-14-25-19-12-10-17(11-13-19)15-20(21(23)24-2)22-16-18-8-6-5-7-9-18/h10-13,18,20,22H,3-9,14-16H2,1-2H3. The first kappa shape index (κ1) is 19.8. The van der Waals surface area contributed by atoms with E-state index in [9.17, 15) is 4.79 Å². The number of ether oxygens (including phenoxy) is 2. The maximum absolute atomic E-state index is 12.1. The number of nitrogens with one attached hydrogen (secondary N) is 1. The lowest BCUT2D eigenvalue weighted by molar-refractivity contribution is -0.143. The van der Waals surface area contributed by atoms with Crippen LogP contribution >= 0.6 is 0 Å². The molecule has 1 fully saturated rings. The highest BCUT2D eigenvalue weighted by Crippen LogP contribution is 2.23. The minimum Gasteiger partial charge on any atom is -0.494 e. The molecule has 4 nitrogen and oxygen atoms in total. The molecule has 25 heavy (non-hydrogen) atoms. The third kappa shape index (κ3) is 7.07. The summed E-state index contributed by atoms with van der Waals surface area (Å²) >= 11 is 0. The second kappa shape index (κ2) is 11.1. The smallest absolute Gasteiger partial charge is 0.323 e. The zero-order valence-corrected chi connectivity index (χ0v) is 15.8. The van der Waals surface area contributed by atoms with E-state index in [0.717, 1.165) is 37.3 Å². The van der Waals surface area contributed by atoms with Crippen LogP contribution in [0.15, 0.2) is 24.3 Å². The quantitative estimate of drug-likeness (QED) is 0.511. The molecule has 0 radical (unpaired) electrons. The Balaban J connectivity index is 1.86. The third-order valence-electron chi connectivity index (χ3n) is 4.99. The van der Waals surface area contributed by atoms with Crippen LogP contribution in [-0.4, -0.2) is 32.3 Å². The van der Waals surface area contributed by atoms with Crippen LogP contribution in [0, 0.1) is 5.92 Å². The van der Waals surface area contributed by atoms with Crippen molar-refractivity contribution in [3.8, 4) is 5.75 Å². The Hall–Kier alpha value is -1.55. The van der Waals surface area contributed by atoms with Gasteiger partial charge in [0.25, 0.3) is 0 Å². The molecule has 2 rings (SSSR count). The van der Waals surface area contributed by atoms with E-state index in [1.54, 1.807) is 0 Å². The zero-order chi connectivity index (χ0) is 17.9. The number of carbonyl (C=O) groups is 1. The fraction of sp³-hybridized carbons (Fsp3) is 0.667. The number of rotatable bonds is 10. The fourth-order valence-corrected chi connectivity index (χ4v) is 3.37. The average molecular weight is 347 g/mol. The summed E-state index contributed by atoms with van der Waals surface area (Å²) in [5.41, 5.74) is 1.12. The van der Waals surface area contributed by atoms with E-state index in [0.29, 0.717) is 12.3 Å². The second-order valence-corrected chi connectivity index (χ2v) is 7.04. The molecule has 0 heterocycles. The van der Waals surface area contributed by atoms with Crippen molar-refractivity contribution < 1.29 is 14.3 Å². The topological polar surface area (TPSA) is 47.6 Å². The Kier molecular flexibility index (Phi) is 8.81. The van der Waals surface area contributed by atoms with Gasteiger partial charge in [-0.2, -0.15) is 0 Å². The first-order valence-corrected chi connectivity index (χ1v) is 9.76. The summed E-state index contributed by atoms with van der Waals surface area (Å²) < 4.78 is 10.7. The second-order valence-electron chi connectivity index (χ2n) is 7.04. The number of esters is 1. The van der Waals surface area contributed by atoms with Crippen molar-refractivity contribution in [2.24, 2.45) is 5.92 Å². The molecular weight excluding hydrogens is 314 g/mol. The van der Waals surface area contributed by atoms with Crippen LogP contribution in [0.5, 0.6) is 5.75 Å². The normalized spacial score (nSPS) is 16.4. The largest absolute Gasteiger partial charge is 0.494 e. The van der Waals surface area contributed by atoms with Gasteiger partial charge in [0.15, 0.2) is 0 Å². The summed E-state index contributed by atoms with van der Waals surface area (Å²) in [6, 6.07) is 7.78. The highest BCUT2D eigenvalue weighted by molar-refractivity contribution is 5.76. The molecule has 1 atom stereocenters. The van der Waals surface area contributed by atoms with Crippen molar-refractivity contribution >= 4 is 5.97 Å². The van der Waals surface area contributed by atoms with Gasteiger partial charge < -0.3 is 14.8 Å². The molecule has 1 aromatic carbocycles. The first-order chi connectivity index (χ1) is 12.2. The summed E-state index contributed by atoms with van der Waals surface area (Å²) in [6.07, 6.45) is 9.36. The van der Waals surface area contributed by atoms with E-state index in [2.05, 4.69) is 12.2 Å². The number of unbranched alkanes of at least 4 members (excludes halogenated alkanes) is 1. The number of benzene rings is 1. The van der Waals surface area contributed by atoms with Crippen molar-refractivity contribution in [3.63, 3.8) is 0 Å². The number of hydrogen-bond donors (Lipinski definition) is 1. The van der Waals surface area contributed by atoms with Crippen LogP contribution in [-0.2, 0) is 16.0 Å². The van der Waals surface area contributed by atoms with Crippen LogP contribution in [0.1, 0.15) is 57.4 Å². The van der Waals surface area contributed by atoms with Gasteiger partial charge in [-0.05, 0) is 55.8 Å². The lowest BCUT2D eigenvalue weighted by Crippen LogP contribution is -2.42. The van der Waals surface area contributed by atoms with Gasteiger partial charge in [-0.15, -0.1) is 0 Å². The van der Waals surface area contributed by atoms with Crippen molar-refractivity contribution in [1.82, 2.24) is 5.32 Å². The number of hydrogen-bond acceptors (Lipinski definition) is 4. The molecule has 4 heteroatoms. The van der Waals surface area contributed by atoms with Crippen LogP contribution in [0.25, 0.3) is 0 Å². The molecule has 140 valence electrons. The van der Waals surface area contributed by atoms with E-state index < -0.39 is 0 Å². The third-order valence-corrected chi connectivity index (χ3v) is 4.99. The molecule has 1 unspecified atom stereocenters. The Bertz CT molecular complexity index is 494. The highest BCUT2D eigenvalue weighted by atomic mass is 16.5. The first-order valence-electron chi connectivity index (χ1n) is 9.76. The average Bonchev–Trinajstić information content (AvgIpc) is 2.66. The molecule has 1 aliphatic rings. The van der Waals surface area contributed by atoms with Gasteiger partial charge in [0.05, 0.1) is 13.7 Å². The van der Waals surface area contributed by atoms with Gasteiger partial charge >= 0.3 is 5.97 Å². The van der Waals surface area contributed by atoms with Crippen LogP contribution in [0.4, 0.5) is 0 Å². The van der Waals surface area contributed by atoms with Gasteiger partial charge in [0.1, 0.15) is 11.8 Å². The van der Waals surface area contributed by atoms with Gasteiger partial charge in [-0.3, -0.25) is 4.79 Å². The summed E-state index contributed by atoms with van der Waals surface area (Å²) in [6.45, 7) is 3.81. The molecule has 0 saturated heterocycles. The van der Waals surface area contributed by atoms with Gasteiger partial charge in [0, 0.05) is 0 Å². The molecule has 0 aromatic heterocycles. The number of methoxy groups -OCH3 is 1. The molecular formula is C21H33NO3. The maximum Gasteiger partial charge on any atom is 0.323 e. The van der Waals surface area contributed by atoms with E-state index in [4.69, 9.17) is 9.47 Å². The van der Waals surface area contributed by atoms with Crippen molar-refractivity contribution in [2.75, 3.05) is 20.3 Å². The predicted molar refractivity (Wildman–Crippen MR) is 101 cm³/mol. The molecule has 1 aliphatic carbocycles. The van der Waals surface area contributed by atoms with Crippen molar-refractivity contribution in [3.05, 3.63) is 29.8 Å². The van der Waals surface area contributed by atoms with Gasteiger partial charge in [-0.25, -0.2) is 0 Å². The summed E-state index contributed by atoms with van der Waals surface area (Å²) in [7, 11) is 1.46. The highest BCUT2D eigenvalue weighted by Gasteiger charge is 2.21. The molecule has 1 N–H and O–H groups in total. The maximum atomic E-state index is 12.1. The fourth-order valence-electron chi connectivity index (χ4n) is 3.37. The van der Waals surface area contributed by atoms with Crippen LogP contribution in [0.3, 0.4) is 0 Å². The predicted octanol–water partition coefficient (Wildman–Crippen LogP) is 4.12. The summed E-state index contributed by atoms with van der Waals surface area (Å²) in [5.74, 6) is 1.40. The Morgan fingerprint density at radius 1 is 1.20 bits per heavy atom. The monoisotopic (exact) mass is 347 g/mol. The SMILES string of the molecule is CCCCOc1ccc(CC(NCC2CCCCC2)C(=O)OC)cc1. The minimum atomic E-state index is -0.279. The molecule has 1 saturated carbocycles. The lowest BCUT2D eigenvalue weighted by atomic mass is 9.89. The van der Waals surface area contributed by atoms with Crippen LogP contribution < -0.4 is 10.1 Å². The lowest BCUT2D eigenvalue weighted by Gasteiger charge is -2.24. The zero-order valence-electron chi connectivity index (χ0n) is 15.8. The van der Waals surface area contributed by atoms with E-state index in [1.807, 2.05) is 24.3 Å². The van der Waals surface area contributed by atoms with Crippen LogP contribution in [0.2, 0.25) is 0 Å². The summed E-state index contributed by atoms with van der Waals surface area (Å²) in [5, 5.41) is 3.44.